The topological polar surface area (TPSA) is 17.1 Å². The third-order valence-electron chi connectivity index (χ3n) is 7.72. The summed E-state index contributed by atoms with van der Waals surface area (Å²) in [4.78, 5) is 12.6. The summed E-state index contributed by atoms with van der Waals surface area (Å²) in [6.45, 7) is 4.73. The molecule has 1 unspecified atom stereocenters. The Labute approximate surface area is 133 Å². The first-order chi connectivity index (χ1) is 9.97. The molecule has 2 heteroatoms. The summed E-state index contributed by atoms with van der Waals surface area (Å²) in [6, 6.07) is 0. The monoisotopic (exact) mass is 306 g/mol. The molecule has 4 rings (SSSR count). The smallest absolute Gasteiger partial charge is 0.156 e. The van der Waals surface area contributed by atoms with Crippen molar-refractivity contribution >= 4 is 17.4 Å². The van der Waals surface area contributed by atoms with E-state index in [1.54, 1.807) is 5.57 Å². The average Bonchev–Trinajstić information content (AvgIpc) is 2.70. The quantitative estimate of drug-likeness (QED) is 0.448. The van der Waals surface area contributed by atoms with Gasteiger partial charge in [0.25, 0.3) is 0 Å². The molecule has 3 fully saturated rings. The van der Waals surface area contributed by atoms with Crippen molar-refractivity contribution in [2.24, 2.45) is 28.6 Å². The third-order valence-corrected chi connectivity index (χ3v) is 8.09. The van der Waals surface area contributed by atoms with E-state index in [4.69, 9.17) is 11.6 Å². The maximum absolute atomic E-state index is 12.6. The molecule has 0 saturated heterocycles. The molecule has 0 aromatic rings. The molecule has 116 valence electrons. The van der Waals surface area contributed by atoms with Crippen LogP contribution in [-0.4, -0.2) is 11.2 Å². The van der Waals surface area contributed by atoms with Crippen LogP contribution in [0.5, 0.6) is 0 Å². The Morgan fingerprint density at radius 2 is 1.95 bits per heavy atom. The van der Waals surface area contributed by atoms with E-state index in [9.17, 15) is 4.79 Å². The molecular weight excluding hydrogens is 280 g/mol. The highest BCUT2D eigenvalue weighted by atomic mass is 35.5. The molecule has 21 heavy (non-hydrogen) atoms. The summed E-state index contributed by atoms with van der Waals surface area (Å²) in [5.74, 6) is 2.37. The van der Waals surface area contributed by atoms with Crippen molar-refractivity contribution in [2.45, 2.75) is 70.6 Å². The summed E-state index contributed by atoms with van der Waals surface area (Å²) in [6.07, 6.45) is 12.4. The van der Waals surface area contributed by atoms with Gasteiger partial charge in [0.05, 0.1) is 5.38 Å². The zero-order chi connectivity index (χ0) is 14.8. The molecule has 0 bridgehead atoms. The van der Waals surface area contributed by atoms with E-state index in [0.29, 0.717) is 23.0 Å². The number of alkyl halides is 1. The molecule has 3 saturated carbocycles. The first-order valence-corrected chi connectivity index (χ1v) is 9.28. The lowest BCUT2D eigenvalue weighted by Crippen LogP contribution is -2.49. The molecule has 0 aromatic heterocycles. The molecule has 4 aliphatic carbocycles. The minimum absolute atomic E-state index is 0.121. The van der Waals surface area contributed by atoms with Crippen LogP contribution in [0.1, 0.15) is 65.2 Å². The molecule has 0 aromatic carbocycles. The van der Waals surface area contributed by atoms with Crippen molar-refractivity contribution < 1.29 is 4.79 Å². The van der Waals surface area contributed by atoms with Gasteiger partial charge in [-0.2, -0.15) is 0 Å². The summed E-state index contributed by atoms with van der Waals surface area (Å²) >= 11 is 6.37. The van der Waals surface area contributed by atoms with Crippen molar-refractivity contribution in [3.8, 4) is 0 Å². The van der Waals surface area contributed by atoms with Crippen molar-refractivity contribution in [3.63, 3.8) is 0 Å². The Morgan fingerprint density at radius 3 is 2.76 bits per heavy atom. The summed E-state index contributed by atoms with van der Waals surface area (Å²) in [5, 5.41) is -0.219. The summed E-state index contributed by atoms with van der Waals surface area (Å²) < 4.78 is 0. The van der Waals surface area contributed by atoms with Gasteiger partial charge in [0.2, 0.25) is 0 Å². The molecule has 0 amide bonds. The number of rotatable bonds is 0. The largest absolute Gasteiger partial charge is 0.297 e. The number of fused-ring (bicyclic) bond motifs is 5. The van der Waals surface area contributed by atoms with E-state index in [1.807, 2.05) is 0 Å². The lowest BCUT2D eigenvalue weighted by atomic mass is 9.48. The Morgan fingerprint density at radius 1 is 1.14 bits per heavy atom. The number of ketones is 1. The van der Waals surface area contributed by atoms with Gasteiger partial charge in [0.15, 0.2) is 5.78 Å². The van der Waals surface area contributed by atoms with E-state index in [0.717, 1.165) is 18.8 Å². The fourth-order valence-electron chi connectivity index (χ4n) is 6.45. The van der Waals surface area contributed by atoms with Crippen LogP contribution in [0.15, 0.2) is 11.6 Å². The highest BCUT2D eigenvalue weighted by Crippen LogP contribution is 2.64. The van der Waals surface area contributed by atoms with E-state index < -0.39 is 0 Å². The maximum Gasteiger partial charge on any atom is 0.156 e. The lowest BCUT2D eigenvalue weighted by Gasteiger charge is -2.56. The second-order valence-corrected chi connectivity index (χ2v) is 9.02. The van der Waals surface area contributed by atoms with Crippen LogP contribution in [0.25, 0.3) is 0 Å². The first-order valence-electron chi connectivity index (χ1n) is 8.85. The van der Waals surface area contributed by atoms with E-state index in [-0.39, 0.29) is 10.8 Å². The van der Waals surface area contributed by atoms with E-state index in [2.05, 4.69) is 19.9 Å². The van der Waals surface area contributed by atoms with Gasteiger partial charge in [-0.1, -0.05) is 31.9 Å². The molecule has 0 radical (unpaired) electrons. The molecule has 0 heterocycles. The van der Waals surface area contributed by atoms with Gasteiger partial charge in [-0.15, -0.1) is 11.6 Å². The summed E-state index contributed by atoms with van der Waals surface area (Å²) in [5.41, 5.74) is 2.05. The Kier molecular flexibility index (Phi) is 3.13. The van der Waals surface area contributed by atoms with Crippen LogP contribution in [0, 0.1) is 28.6 Å². The van der Waals surface area contributed by atoms with E-state index >= 15 is 0 Å². The van der Waals surface area contributed by atoms with E-state index in [1.165, 1.54) is 38.5 Å². The van der Waals surface area contributed by atoms with Crippen molar-refractivity contribution in [1.82, 2.24) is 0 Å². The van der Waals surface area contributed by atoms with Gasteiger partial charge in [-0.25, -0.2) is 0 Å². The molecule has 0 N–H and O–H groups in total. The summed E-state index contributed by atoms with van der Waals surface area (Å²) in [7, 11) is 0. The van der Waals surface area contributed by atoms with Gasteiger partial charge < -0.3 is 0 Å². The minimum atomic E-state index is -0.219. The van der Waals surface area contributed by atoms with Crippen LogP contribution in [0.3, 0.4) is 0 Å². The van der Waals surface area contributed by atoms with Crippen LogP contribution in [0.4, 0.5) is 0 Å². The Bertz CT molecular complexity index is 510. The zero-order valence-corrected chi connectivity index (χ0v) is 14.1. The van der Waals surface area contributed by atoms with Gasteiger partial charge in [-0.05, 0) is 68.1 Å². The molecule has 0 aliphatic heterocycles. The lowest BCUT2D eigenvalue weighted by molar-refractivity contribution is -0.131. The van der Waals surface area contributed by atoms with Crippen molar-refractivity contribution in [3.05, 3.63) is 11.6 Å². The fraction of sp³-hybridized carbons (Fsp3) is 0.842. The van der Waals surface area contributed by atoms with Crippen LogP contribution in [-0.2, 0) is 4.79 Å². The molecular formula is C19H27ClO. The highest BCUT2D eigenvalue weighted by Gasteiger charge is 2.60. The Balaban J connectivity index is 1.71. The number of allylic oxidation sites excluding steroid dienone is 2. The zero-order valence-electron chi connectivity index (χ0n) is 13.3. The average molecular weight is 307 g/mol. The second-order valence-electron chi connectivity index (χ2n) is 8.49. The normalized spacial score (nSPS) is 52.7. The first kappa shape index (κ1) is 14.3. The third kappa shape index (κ3) is 1.79. The van der Waals surface area contributed by atoms with Crippen LogP contribution in [0.2, 0.25) is 0 Å². The number of carbonyl (C=O) groups is 1. The predicted octanol–water partition coefficient (Wildman–Crippen LogP) is 5.13. The SMILES string of the molecule is C[C@]12CCCCC1=CC[C@@H]1[C@H]2CC[C@]2(C)C(=O)C(Cl)C[C@@H]12. The van der Waals surface area contributed by atoms with Gasteiger partial charge in [-0.3, -0.25) is 4.79 Å². The number of halogens is 1. The minimum Gasteiger partial charge on any atom is -0.297 e. The number of hydrogen-bond donors (Lipinski definition) is 0. The van der Waals surface area contributed by atoms with Gasteiger partial charge in [0.1, 0.15) is 0 Å². The molecule has 0 spiro atoms. The highest BCUT2D eigenvalue weighted by molar-refractivity contribution is 6.32. The van der Waals surface area contributed by atoms with Crippen molar-refractivity contribution in [1.29, 1.82) is 0 Å². The maximum atomic E-state index is 12.6. The molecule has 4 aliphatic rings. The predicted molar refractivity (Wildman–Crippen MR) is 86.4 cm³/mol. The fourth-order valence-corrected chi connectivity index (χ4v) is 6.89. The number of Topliss-reactive ketones (excluding diaryl/α,β-unsaturated/α-hetero) is 1. The number of hydrogen-bond acceptors (Lipinski definition) is 1. The van der Waals surface area contributed by atoms with Crippen molar-refractivity contribution in [2.75, 3.05) is 0 Å². The standard InChI is InChI=1S/C19H27ClO/c1-18-9-4-3-5-12(18)6-7-13-14(18)8-10-19(2)15(13)11-16(20)17(19)21/h6,13-16H,3-5,7-11H2,1-2H3/t13-,14-,15+,16?,18+,19+/m1/s1. The van der Waals surface area contributed by atoms with Gasteiger partial charge in [0, 0.05) is 5.41 Å². The molecule has 1 nitrogen and oxygen atoms in total. The second kappa shape index (κ2) is 4.60. The van der Waals surface area contributed by atoms with Crippen LogP contribution < -0.4 is 0 Å². The van der Waals surface area contributed by atoms with Crippen LogP contribution >= 0.6 is 11.6 Å². The van der Waals surface area contributed by atoms with Gasteiger partial charge >= 0.3 is 0 Å². The number of carbonyl (C=O) groups excluding carboxylic acids is 1. The Hall–Kier alpha value is -0.300. The molecule has 6 atom stereocenters.